The zero-order valence-corrected chi connectivity index (χ0v) is 8.46. The topological polar surface area (TPSA) is 50.4 Å². The van der Waals surface area contributed by atoms with Gasteiger partial charge in [0.15, 0.2) is 5.84 Å². The first-order chi connectivity index (χ1) is 5.70. The van der Waals surface area contributed by atoms with Crippen LogP contribution in [0.4, 0.5) is 0 Å². The van der Waals surface area contributed by atoms with Gasteiger partial charge in [0.2, 0.25) is 0 Å². The number of hydrogen-bond acceptors (Lipinski definition) is 3. The lowest BCUT2D eigenvalue weighted by Crippen LogP contribution is -2.30. The molecule has 0 aliphatic rings. The summed E-state index contributed by atoms with van der Waals surface area (Å²) < 4.78 is 0. The first kappa shape index (κ1) is 9.51. The van der Waals surface area contributed by atoms with Gasteiger partial charge in [0, 0.05) is 7.05 Å². The third kappa shape index (κ3) is 1.60. The third-order valence-corrected chi connectivity index (χ3v) is 3.18. The highest BCUT2D eigenvalue weighted by atomic mass is 35.5. The van der Waals surface area contributed by atoms with Crippen LogP contribution in [-0.4, -0.2) is 12.9 Å². The van der Waals surface area contributed by atoms with E-state index in [9.17, 15) is 0 Å². The molecule has 66 valence electrons. The lowest BCUT2D eigenvalue weighted by molar-refractivity contribution is 1.02. The maximum absolute atomic E-state index is 6.00. The molecule has 1 heterocycles. The molecule has 0 spiro atoms. The minimum atomic E-state index is 0.623. The van der Waals surface area contributed by atoms with Crippen LogP contribution in [0.5, 0.6) is 0 Å². The van der Waals surface area contributed by atoms with Gasteiger partial charge in [0.1, 0.15) is 0 Å². The maximum atomic E-state index is 6.00. The summed E-state index contributed by atoms with van der Waals surface area (Å²) in [6, 6.07) is 0. The van der Waals surface area contributed by atoms with E-state index < -0.39 is 0 Å². The molecule has 1 aromatic rings. The van der Waals surface area contributed by atoms with E-state index in [1.54, 1.807) is 7.05 Å². The molecule has 1 rings (SSSR count). The summed E-state index contributed by atoms with van der Waals surface area (Å²) in [4.78, 5) is 4.85. The Hall–Kier alpha value is -0.580. The molecule has 0 atom stereocenters. The molecule has 0 aliphatic heterocycles. The largest absolute Gasteiger partial charge is 0.308 e. The van der Waals surface area contributed by atoms with Crippen molar-refractivity contribution in [1.82, 2.24) is 5.43 Å². The van der Waals surface area contributed by atoms with Crippen molar-refractivity contribution in [3.05, 3.63) is 20.8 Å². The highest BCUT2D eigenvalue weighted by Gasteiger charge is 2.10. The van der Waals surface area contributed by atoms with Gasteiger partial charge in [-0.3, -0.25) is 4.99 Å². The highest BCUT2D eigenvalue weighted by Crippen LogP contribution is 2.26. The number of thiophene rings is 1. The summed E-state index contributed by atoms with van der Waals surface area (Å²) in [5, 5.41) is 2.69. The van der Waals surface area contributed by atoms with Crippen LogP contribution in [-0.2, 0) is 0 Å². The van der Waals surface area contributed by atoms with Crippen LogP contribution >= 0.6 is 22.9 Å². The molecular formula is C7H10ClN3S. The second kappa shape index (κ2) is 3.89. The number of amidine groups is 1. The molecule has 12 heavy (non-hydrogen) atoms. The third-order valence-electron chi connectivity index (χ3n) is 1.47. The number of nitrogens with two attached hydrogens (primary N) is 1. The van der Waals surface area contributed by atoms with Crippen molar-refractivity contribution in [3.8, 4) is 0 Å². The molecule has 1 aromatic heterocycles. The van der Waals surface area contributed by atoms with Crippen LogP contribution < -0.4 is 11.3 Å². The van der Waals surface area contributed by atoms with Crippen molar-refractivity contribution in [2.24, 2.45) is 10.8 Å². The first-order valence-electron chi connectivity index (χ1n) is 3.38. The molecule has 3 N–H and O–H groups in total. The van der Waals surface area contributed by atoms with Crippen molar-refractivity contribution >= 4 is 28.8 Å². The van der Waals surface area contributed by atoms with Gasteiger partial charge in [0.25, 0.3) is 0 Å². The molecule has 0 fully saturated rings. The zero-order chi connectivity index (χ0) is 9.14. The maximum Gasteiger partial charge on any atom is 0.154 e. The lowest BCUT2D eigenvalue weighted by Gasteiger charge is -2.01. The number of nitrogens with one attached hydrogen (secondary N) is 1. The van der Waals surface area contributed by atoms with E-state index in [0.29, 0.717) is 5.84 Å². The van der Waals surface area contributed by atoms with Gasteiger partial charge in [-0.2, -0.15) is 0 Å². The molecule has 0 saturated heterocycles. The normalized spacial score (nSPS) is 11.8. The van der Waals surface area contributed by atoms with E-state index in [4.69, 9.17) is 17.4 Å². The Balaban J connectivity index is 3.10. The number of aliphatic imine (C=N–C) groups is 1. The van der Waals surface area contributed by atoms with Crippen molar-refractivity contribution < 1.29 is 0 Å². The summed E-state index contributed by atoms with van der Waals surface area (Å²) in [6.45, 7) is 1.95. The first-order valence-corrected chi connectivity index (χ1v) is 4.63. The van der Waals surface area contributed by atoms with E-state index in [0.717, 1.165) is 15.5 Å². The monoisotopic (exact) mass is 203 g/mol. The molecule has 5 heteroatoms. The van der Waals surface area contributed by atoms with Gasteiger partial charge in [-0.15, -0.1) is 11.3 Å². The summed E-state index contributed by atoms with van der Waals surface area (Å²) in [5.41, 5.74) is 3.55. The zero-order valence-electron chi connectivity index (χ0n) is 6.89. The van der Waals surface area contributed by atoms with Crippen molar-refractivity contribution in [2.75, 3.05) is 7.05 Å². The van der Waals surface area contributed by atoms with Crippen LogP contribution in [0.3, 0.4) is 0 Å². The van der Waals surface area contributed by atoms with Crippen molar-refractivity contribution in [2.45, 2.75) is 6.92 Å². The number of nitrogens with zero attached hydrogens (tertiary/aromatic N) is 1. The van der Waals surface area contributed by atoms with Gasteiger partial charge in [-0.05, 0) is 17.9 Å². The minimum Gasteiger partial charge on any atom is -0.308 e. The minimum absolute atomic E-state index is 0.623. The van der Waals surface area contributed by atoms with Gasteiger partial charge < -0.3 is 5.43 Å². The van der Waals surface area contributed by atoms with Gasteiger partial charge >= 0.3 is 0 Å². The summed E-state index contributed by atoms with van der Waals surface area (Å²) in [5.74, 6) is 5.88. The Bertz CT molecular complexity index is 306. The summed E-state index contributed by atoms with van der Waals surface area (Å²) >= 11 is 7.52. The molecule has 0 aliphatic carbocycles. The number of hydrazine groups is 1. The fraction of sp³-hybridized carbons (Fsp3) is 0.286. The average molecular weight is 204 g/mol. The molecular weight excluding hydrogens is 194 g/mol. The number of rotatable bonds is 1. The average Bonchev–Trinajstić information content (AvgIpc) is 2.38. The van der Waals surface area contributed by atoms with E-state index in [1.165, 1.54) is 11.3 Å². The number of halogens is 1. The van der Waals surface area contributed by atoms with Crippen LogP contribution in [0.2, 0.25) is 5.02 Å². The Morgan fingerprint density at radius 1 is 1.75 bits per heavy atom. The molecule has 0 saturated carbocycles. The predicted molar refractivity (Wildman–Crippen MR) is 53.9 cm³/mol. The quantitative estimate of drug-likeness (QED) is 0.315. The molecule has 3 nitrogen and oxygen atoms in total. The second-order valence-corrected chi connectivity index (χ2v) is 3.54. The Kier molecular flexibility index (Phi) is 3.08. The number of aryl methyl sites for hydroxylation is 1. The lowest BCUT2D eigenvalue weighted by atomic mass is 10.3. The summed E-state index contributed by atoms with van der Waals surface area (Å²) in [7, 11) is 1.67. The van der Waals surface area contributed by atoms with Crippen molar-refractivity contribution in [3.63, 3.8) is 0 Å². The van der Waals surface area contributed by atoms with Crippen LogP contribution in [0.15, 0.2) is 10.4 Å². The van der Waals surface area contributed by atoms with Crippen LogP contribution in [0, 0.1) is 6.92 Å². The van der Waals surface area contributed by atoms with Gasteiger partial charge in [0.05, 0.1) is 9.90 Å². The Labute approximate surface area is 80.2 Å². The Morgan fingerprint density at radius 2 is 2.42 bits per heavy atom. The SMILES string of the molecule is CN=C(NN)c1scc(C)c1Cl. The summed E-state index contributed by atoms with van der Waals surface area (Å²) in [6.07, 6.45) is 0. The standard InChI is InChI=1S/C7H10ClN3S/c1-4-3-12-6(5(4)8)7(10-2)11-9/h3H,9H2,1-2H3,(H,10,11). The van der Waals surface area contributed by atoms with Gasteiger partial charge in [-0.25, -0.2) is 5.84 Å². The second-order valence-electron chi connectivity index (χ2n) is 2.28. The molecule has 0 bridgehead atoms. The van der Waals surface area contributed by atoms with Crippen LogP contribution in [0.25, 0.3) is 0 Å². The van der Waals surface area contributed by atoms with E-state index in [1.807, 2.05) is 12.3 Å². The molecule has 0 radical (unpaired) electrons. The van der Waals surface area contributed by atoms with E-state index >= 15 is 0 Å². The van der Waals surface area contributed by atoms with E-state index in [2.05, 4.69) is 10.4 Å². The highest BCUT2D eigenvalue weighted by molar-refractivity contribution is 7.13. The fourth-order valence-electron chi connectivity index (χ4n) is 0.821. The fourth-order valence-corrected chi connectivity index (χ4v) is 2.10. The molecule has 0 aromatic carbocycles. The van der Waals surface area contributed by atoms with Crippen LogP contribution in [0.1, 0.15) is 10.4 Å². The van der Waals surface area contributed by atoms with E-state index in [-0.39, 0.29) is 0 Å². The smallest absolute Gasteiger partial charge is 0.154 e. The molecule has 0 amide bonds. The Morgan fingerprint density at radius 3 is 2.75 bits per heavy atom. The van der Waals surface area contributed by atoms with Gasteiger partial charge in [-0.1, -0.05) is 11.6 Å². The predicted octanol–water partition coefficient (Wildman–Crippen LogP) is 1.55. The molecule has 0 unspecified atom stereocenters. The van der Waals surface area contributed by atoms with Crippen molar-refractivity contribution in [1.29, 1.82) is 0 Å². The number of hydrogen-bond donors (Lipinski definition) is 2.